The first-order valence-electron chi connectivity index (χ1n) is 8.33. The number of carbonyl (C=O) groups is 1. The standard InChI is InChI=1S/C17H19N7O2/c1-23(2)16-15(18-5-6-19-16)14-10-24(7-8-26-14)17(25)11-3-4-12-13(9-11)21-22-20-12/h3-6,9,14H,7-8,10H2,1-2H3,(H,20,21,22). The number of benzene rings is 1. The fourth-order valence-corrected chi connectivity index (χ4v) is 3.07. The van der Waals surface area contributed by atoms with E-state index in [1.54, 1.807) is 35.5 Å². The third kappa shape index (κ3) is 2.97. The molecule has 0 spiro atoms. The highest BCUT2D eigenvalue weighted by Crippen LogP contribution is 2.27. The Morgan fingerprint density at radius 2 is 2.04 bits per heavy atom. The average Bonchev–Trinajstić information content (AvgIpc) is 3.15. The van der Waals surface area contributed by atoms with Crippen LogP contribution in [0.4, 0.5) is 5.82 Å². The van der Waals surface area contributed by atoms with Crippen LogP contribution in [0.2, 0.25) is 0 Å². The highest BCUT2D eigenvalue weighted by Gasteiger charge is 2.29. The van der Waals surface area contributed by atoms with E-state index in [1.165, 1.54) is 0 Å². The molecule has 1 amide bonds. The van der Waals surface area contributed by atoms with Gasteiger partial charge in [-0.2, -0.15) is 15.4 Å². The van der Waals surface area contributed by atoms with E-state index in [0.29, 0.717) is 30.8 Å². The van der Waals surface area contributed by atoms with E-state index < -0.39 is 0 Å². The van der Waals surface area contributed by atoms with Crippen molar-refractivity contribution >= 4 is 22.8 Å². The van der Waals surface area contributed by atoms with Crippen molar-refractivity contribution in [1.29, 1.82) is 0 Å². The first-order chi connectivity index (χ1) is 12.6. The molecule has 134 valence electrons. The average molecular weight is 353 g/mol. The molecule has 1 unspecified atom stereocenters. The van der Waals surface area contributed by atoms with Gasteiger partial charge in [0.05, 0.1) is 13.2 Å². The molecule has 1 N–H and O–H groups in total. The van der Waals surface area contributed by atoms with E-state index in [1.807, 2.05) is 19.0 Å². The van der Waals surface area contributed by atoms with Gasteiger partial charge in [0.2, 0.25) is 0 Å². The van der Waals surface area contributed by atoms with Crippen LogP contribution in [0, 0.1) is 0 Å². The maximum Gasteiger partial charge on any atom is 0.254 e. The number of aromatic nitrogens is 5. The zero-order valence-corrected chi connectivity index (χ0v) is 14.6. The molecule has 1 atom stereocenters. The van der Waals surface area contributed by atoms with Crippen LogP contribution in [0.15, 0.2) is 30.6 Å². The Morgan fingerprint density at radius 1 is 1.23 bits per heavy atom. The van der Waals surface area contributed by atoms with Crippen molar-refractivity contribution in [2.24, 2.45) is 0 Å². The van der Waals surface area contributed by atoms with Gasteiger partial charge in [-0.3, -0.25) is 9.78 Å². The van der Waals surface area contributed by atoms with Gasteiger partial charge in [0, 0.05) is 38.6 Å². The number of amides is 1. The Morgan fingerprint density at radius 3 is 2.88 bits per heavy atom. The Balaban J connectivity index is 1.57. The van der Waals surface area contributed by atoms with E-state index in [9.17, 15) is 4.79 Å². The van der Waals surface area contributed by atoms with E-state index in [2.05, 4.69) is 25.4 Å². The summed E-state index contributed by atoms with van der Waals surface area (Å²) in [5.74, 6) is 0.689. The van der Waals surface area contributed by atoms with Gasteiger partial charge in [0.15, 0.2) is 5.82 Å². The van der Waals surface area contributed by atoms with Crippen molar-refractivity contribution in [2.45, 2.75) is 6.10 Å². The zero-order valence-electron chi connectivity index (χ0n) is 14.6. The molecule has 0 bridgehead atoms. The molecule has 9 nitrogen and oxygen atoms in total. The molecule has 3 aromatic rings. The van der Waals surface area contributed by atoms with Crippen LogP contribution in [0.1, 0.15) is 22.2 Å². The van der Waals surface area contributed by atoms with E-state index in [0.717, 1.165) is 17.0 Å². The van der Waals surface area contributed by atoms with Crippen LogP contribution in [0.5, 0.6) is 0 Å². The maximum absolute atomic E-state index is 12.9. The largest absolute Gasteiger partial charge is 0.368 e. The number of hydrogen-bond donors (Lipinski definition) is 1. The van der Waals surface area contributed by atoms with Gasteiger partial charge >= 0.3 is 0 Å². The van der Waals surface area contributed by atoms with Gasteiger partial charge in [-0.25, -0.2) is 4.98 Å². The summed E-state index contributed by atoms with van der Waals surface area (Å²) >= 11 is 0. The third-order valence-corrected chi connectivity index (χ3v) is 4.35. The number of carbonyl (C=O) groups excluding carboxylic acids is 1. The first kappa shape index (κ1) is 16.4. The molecule has 1 aliphatic rings. The molecule has 0 aliphatic carbocycles. The number of aromatic amines is 1. The maximum atomic E-state index is 12.9. The van der Waals surface area contributed by atoms with E-state index in [-0.39, 0.29) is 12.0 Å². The lowest BCUT2D eigenvalue weighted by atomic mass is 10.1. The molecule has 0 radical (unpaired) electrons. The van der Waals surface area contributed by atoms with E-state index >= 15 is 0 Å². The molecule has 1 fully saturated rings. The van der Waals surface area contributed by atoms with Crippen molar-refractivity contribution in [3.05, 3.63) is 41.9 Å². The van der Waals surface area contributed by atoms with Crippen molar-refractivity contribution in [2.75, 3.05) is 38.7 Å². The highest BCUT2D eigenvalue weighted by molar-refractivity contribution is 5.97. The third-order valence-electron chi connectivity index (χ3n) is 4.35. The fourth-order valence-electron chi connectivity index (χ4n) is 3.07. The monoisotopic (exact) mass is 353 g/mol. The summed E-state index contributed by atoms with van der Waals surface area (Å²) in [4.78, 5) is 25.4. The molecule has 1 aromatic carbocycles. The summed E-state index contributed by atoms with van der Waals surface area (Å²) in [6.07, 6.45) is 2.98. The predicted molar refractivity (Wildman–Crippen MR) is 94.8 cm³/mol. The lowest BCUT2D eigenvalue weighted by Gasteiger charge is -2.33. The Bertz CT molecular complexity index is 940. The first-order valence-corrected chi connectivity index (χ1v) is 8.33. The van der Waals surface area contributed by atoms with Crippen LogP contribution in [-0.4, -0.2) is 70.0 Å². The number of morpholine rings is 1. The number of H-pyrrole nitrogens is 1. The van der Waals surface area contributed by atoms with Crippen LogP contribution in [0.3, 0.4) is 0 Å². The molecule has 26 heavy (non-hydrogen) atoms. The van der Waals surface area contributed by atoms with Crippen molar-refractivity contribution in [3.8, 4) is 0 Å². The Hall–Kier alpha value is -3.07. The summed E-state index contributed by atoms with van der Waals surface area (Å²) in [6.45, 7) is 1.41. The van der Waals surface area contributed by atoms with Gasteiger partial charge in [0.25, 0.3) is 5.91 Å². The lowest BCUT2D eigenvalue weighted by Crippen LogP contribution is -2.42. The second kappa shape index (κ2) is 6.68. The molecule has 3 heterocycles. The summed E-state index contributed by atoms with van der Waals surface area (Å²) in [7, 11) is 3.82. The van der Waals surface area contributed by atoms with Crippen molar-refractivity contribution in [1.82, 2.24) is 30.3 Å². The highest BCUT2D eigenvalue weighted by atomic mass is 16.5. The number of ether oxygens (including phenoxy) is 1. The van der Waals surface area contributed by atoms with Crippen LogP contribution >= 0.6 is 0 Å². The van der Waals surface area contributed by atoms with Gasteiger partial charge in [-0.05, 0) is 18.2 Å². The minimum absolute atomic E-state index is 0.0570. The number of fused-ring (bicyclic) bond motifs is 1. The molecule has 4 rings (SSSR count). The van der Waals surface area contributed by atoms with E-state index in [4.69, 9.17) is 4.74 Å². The zero-order chi connectivity index (χ0) is 18.1. The summed E-state index contributed by atoms with van der Waals surface area (Å²) < 4.78 is 5.88. The number of hydrogen-bond acceptors (Lipinski definition) is 7. The SMILES string of the molecule is CN(C)c1nccnc1C1CN(C(=O)c2ccc3n[nH]nc3c2)CCO1. The van der Waals surface area contributed by atoms with Crippen LogP contribution < -0.4 is 4.90 Å². The van der Waals surface area contributed by atoms with Gasteiger partial charge in [-0.15, -0.1) is 0 Å². The quantitative estimate of drug-likeness (QED) is 0.750. The minimum atomic E-state index is -0.311. The number of nitrogens with zero attached hydrogens (tertiary/aromatic N) is 6. The topological polar surface area (TPSA) is 100 Å². The second-order valence-electron chi connectivity index (χ2n) is 6.30. The smallest absolute Gasteiger partial charge is 0.254 e. The van der Waals surface area contributed by atoms with Crippen LogP contribution in [-0.2, 0) is 4.74 Å². The molecular weight excluding hydrogens is 334 g/mol. The normalized spacial score (nSPS) is 17.5. The second-order valence-corrected chi connectivity index (χ2v) is 6.30. The van der Waals surface area contributed by atoms with Gasteiger partial charge in [0.1, 0.15) is 22.8 Å². The Labute approximate surface area is 150 Å². The van der Waals surface area contributed by atoms with Gasteiger partial charge < -0.3 is 14.5 Å². The summed E-state index contributed by atoms with van der Waals surface area (Å²) in [6, 6.07) is 5.31. The minimum Gasteiger partial charge on any atom is -0.368 e. The molecular formula is C17H19N7O2. The predicted octanol–water partition coefficient (Wildman–Crippen LogP) is 1.03. The summed E-state index contributed by atoms with van der Waals surface area (Å²) in [5, 5.41) is 10.6. The number of rotatable bonds is 3. The molecule has 1 saturated heterocycles. The molecule has 9 heteroatoms. The lowest BCUT2D eigenvalue weighted by molar-refractivity contribution is -0.0246. The number of nitrogens with one attached hydrogen (secondary N) is 1. The molecule has 2 aromatic heterocycles. The number of anilines is 1. The van der Waals surface area contributed by atoms with Crippen LogP contribution in [0.25, 0.3) is 11.0 Å². The summed E-state index contributed by atoms with van der Waals surface area (Å²) in [5.41, 5.74) is 2.72. The van der Waals surface area contributed by atoms with Gasteiger partial charge in [-0.1, -0.05) is 0 Å². The Kier molecular flexibility index (Phi) is 4.21. The molecule has 0 saturated carbocycles. The molecule has 1 aliphatic heterocycles. The van der Waals surface area contributed by atoms with Crippen molar-refractivity contribution in [3.63, 3.8) is 0 Å². The van der Waals surface area contributed by atoms with Crippen molar-refractivity contribution < 1.29 is 9.53 Å². The fraction of sp³-hybridized carbons (Fsp3) is 0.353.